The molecule has 0 aromatic carbocycles. The molecule has 4 rings (SSSR count). The summed E-state index contributed by atoms with van der Waals surface area (Å²) in [5, 5.41) is 0. The second-order valence-electron chi connectivity index (χ2n) is 9.90. The fourth-order valence-electron chi connectivity index (χ4n) is 5.33. The van der Waals surface area contributed by atoms with Gasteiger partial charge in [0.25, 0.3) is 0 Å². The zero-order valence-electron chi connectivity index (χ0n) is 18.0. The van der Waals surface area contributed by atoms with E-state index in [4.69, 9.17) is 9.47 Å². The molecule has 0 aromatic heterocycles. The van der Waals surface area contributed by atoms with E-state index < -0.39 is 47.9 Å². The molecule has 170 valence electrons. The molecule has 6 nitrogen and oxygen atoms in total. The lowest BCUT2D eigenvalue weighted by molar-refractivity contribution is -0.191. The van der Waals surface area contributed by atoms with Crippen molar-refractivity contribution in [3.05, 3.63) is 0 Å². The first-order valence-corrected chi connectivity index (χ1v) is 10.9. The van der Waals surface area contributed by atoms with Crippen molar-refractivity contribution in [3.63, 3.8) is 0 Å². The lowest BCUT2D eigenvalue weighted by Gasteiger charge is -2.56. The van der Waals surface area contributed by atoms with Gasteiger partial charge in [0.2, 0.25) is 5.78 Å². The first kappa shape index (κ1) is 23.1. The number of halogens is 2. The van der Waals surface area contributed by atoms with Crippen LogP contribution in [0.4, 0.5) is 8.78 Å². The second kappa shape index (κ2) is 8.52. The topological polar surface area (TPSA) is 78.9 Å². The van der Waals surface area contributed by atoms with Gasteiger partial charge in [-0.05, 0) is 76.5 Å². The lowest BCUT2D eigenvalue weighted by atomic mass is 9.54. The molecule has 0 amide bonds. The molecule has 4 aliphatic rings. The summed E-state index contributed by atoms with van der Waals surface area (Å²) in [5.41, 5.74) is -1.21. The van der Waals surface area contributed by atoms with Gasteiger partial charge in [-0.2, -0.15) is 8.78 Å². The number of Topliss-reactive ketones (excluding diaryl/α,β-unsaturated/α-hetero) is 1. The first-order chi connectivity index (χ1) is 14.0. The third kappa shape index (κ3) is 4.84. The molecular formula is C22H32F2O6. The SMILES string of the molecule is CCC(C)(C)C(=O)OCCOC(=O)C(F)(F)C(=O)COC12CC3CC(CC(C3)C1)C2. The Morgan fingerprint density at radius 1 is 0.900 bits per heavy atom. The van der Waals surface area contributed by atoms with Gasteiger partial charge >= 0.3 is 17.9 Å². The molecule has 0 spiro atoms. The van der Waals surface area contributed by atoms with Gasteiger partial charge < -0.3 is 14.2 Å². The number of hydrogen-bond acceptors (Lipinski definition) is 6. The van der Waals surface area contributed by atoms with Crippen LogP contribution in [-0.4, -0.2) is 49.1 Å². The molecule has 0 atom stereocenters. The van der Waals surface area contributed by atoms with Crippen molar-refractivity contribution < 1.29 is 37.4 Å². The minimum Gasteiger partial charge on any atom is -0.462 e. The van der Waals surface area contributed by atoms with Crippen molar-refractivity contribution in [2.75, 3.05) is 19.8 Å². The molecule has 4 bridgehead atoms. The molecule has 0 aliphatic heterocycles. The number of ketones is 1. The largest absolute Gasteiger partial charge is 0.462 e. The Balaban J connectivity index is 1.43. The lowest BCUT2D eigenvalue weighted by Crippen LogP contribution is -2.53. The van der Waals surface area contributed by atoms with E-state index in [9.17, 15) is 23.2 Å². The predicted octanol–water partition coefficient (Wildman–Crippen LogP) is 3.70. The summed E-state index contributed by atoms with van der Waals surface area (Å²) >= 11 is 0. The van der Waals surface area contributed by atoms with E-state index in [1.165, 1.54) is 0 Å². The number of esters is 2. The molecule has 4 saturated carbocycles. The van der Waals surface area contributed by atoms with Gasteiger partial charge in [0.05, 0.1) is 11.0 Å². The highest BCUT2D eigenvalue weighted by atomic mass is 19.3. The highest BCUT2D eigenvalue weighted by molar-refractivity contribution is 6.05. The summed E-state index contributed by atoms with van der Waals surface area (Å²) in [5.74, 6) is -6.66. The maximum atomic E-state index is 14.2. The van der Waals surface area contributed by atoms with Gasteiger partial charge in [0.15, 0.2) is 0 Å². The van der Waals surface area contributed by atoms with Crippen LogP contribution < -0.4 is 0 Å². The quantitative estimate of drug-likeness (QED) is 0.299. The fraction of sp³-hybridized carbons (Fsp3) is 0.864. The predicted molar refractivity (Wildman–Crippen MR) is 103 cm³/mol. The van der Waals surface area contributed by atoms with Crippen LogP contribution >= 0.6 is 0 Å². The zero-order valence-corrected chi connectivity index (χ0v) is 18.0. The van der Waals surface area contributed by atoms with Crippen LogP contribution in [0, 0.1) is 23.2 Å². The summed E-state index contributed by atoms with van der Waals surface area (Å²) in [4.78, 5) is 35.6. The van der Waals surface area contributed by atoms with E-state index >= 15 is 0 Å². The number of hydrogen-bond donors (Lipinski definition) is 0. The number of rotatable bonds is 10. The van der Waals surface area contributed by atoms with Crippen LogP contribution in [-0.2, 0) is 28.6 Å². The van der Waals surface area contributed by atoms with Crippen molar-refractivity contribution in [1.82, 2.24) is 0 Å². The van der Waals surface area contributed by atoms with Crippen molar-refractivity contribution in [2.24, 2.45) is 23.2 Å². The van der Waals surface area contributed by atoms with Gasteiger partial charge in [-0.1, -0.05) is 6.92 Å². The maximum absolute atomic E-state index is 14.2. The average Bonchev–Trinajstić information content (AvgIpc) is 2.67. The number of ether oxygens (including phenoxy) is 3. The number of alkyl halides is 2. The van der Waals surface area contributed by atoms with Crippen LogP contribution in [0.25, 0.3) is 0 Å². The van der Waals surface area contributed by atoms with Gasteiger partial charge in [-0.25, -0.2) is 4.79 Å². The maximum Gasteiger partial charge on any atom is 0.402 e. The molecule has 0 unspecified atom stereocenters. The van der Waals surface area contributed by atoms with Crippen LogP contribution in [0.15, 0.2) is 0 Å². The second-order valence-corrected chi connectivity index (χ2v) is 9.90. The van der Waals surface area contributed by atoms with Crippen LogP contribution in [0.1, 0.15) is 65.7 Å². The summed E-state index contributed by atoms with van der Waals surface area (Å²) < 4.78 is 43.5. The molecule has 8 heteroatoms. The van der Waals surface area contributed by atoms with Gasteiger partial charge in [-0.3, -0.25) is 9.59 Å². The molecule has 0 saturated heterocycles. The summed E-state index contributed by atoms with van der Waals surface area (Å²) in [6.45, 7) is 3.52. The summed E-state index contributed by atoms with van der Waals surface area (Å²) in [7, 11) is 0. The van der Waals surface area contributed by atoms with Gasteiger partial charge in [0.1, 0.15) is 19.8 Å². The molecular weight excluding hydrogens is 398 g/mol. The van der Waals surface area contributed by atoms with E-state index in [-0.39, 0.29) is 6.61 Å². The van der Waals surface area contributed by atoms with Crippen molar-refractivity contribution in [3.8, 4) is 0 Å². The normalized spacial score (nSPS) is 30.2. The van der Waals surface area contributed by atoms with E-state index in [1.807, 2.05) is 6.92 Å². The summed E-state index contributed by atoms with van der Waals surface area (Å²) in [6.07, 6.45) is 6.46. The average molecular weight is 430 g/mol. The van der Waals surface area contributed by atoms with E-state index in [1.54, 1.807) is 13.8 Å². The van der Waals surface area contributed by atoms with Crippen molar-refractivity contribution >= 4 is 17.7 Å². The van der Waals surface area contributed by atoms with Gasteiger partial charge in [0, 0.05) is 0 Å². The third-order valence-electron chi connectivity index (χ3n) is 7.08. The first-order valence-electron chi connectivity index (χ1n) is 10.9. The Bertz CT molecular complexity index is 652. The zero-order chi connectivity index (χ0) is 22.2. The minimum absolute atomic E-state index is 0.345. The monoisotopic (exact) mass is 430 g/mol. The number of carbonyl (C=O) groups excluding carboxylic acids is 3. The van der Waals surface area contributed by atoms with E-state index in [0.717, 1.165) is 38.5 Å². The Hall–Kier alpha value is -1.57. The van der Waals surface area contributed by atoms with E-state index in [0.29, 0.717) is 24.2 Å². The molecule has 0 radical (unpaired) electrons. The molecule has 0 heterocycles. The van der Waals surface area contributed by atoms with E-state index in [2.05, 4.69) is 4.74 Å². The van der Waals surface area contributed by atoms with Gasteiger partial charge in [-0.15, -0.1) is 0 Å². The molecule has 4 aliphatic carbocycles. The highest BCUT2D eigenvalue weighted by Gasteiger charge is 2.54. The fourth-order valence-corrected chi connectivity index (χ4v) is 5.33. The number of carbonyl (C=O) groups is 3. The molecule has 4 fully saturated rings. The Morgan fingerprint density at radius 2 is 1.37 bits per heavy atom. The summed E-state index contributed by atoms with van der Waals surface area (Å²) in [6, 6.07) is 0. The Labute approximate surface area is 176 Å². The molecule has 0 aromatic rings. The molecule has 30 heavy (non-hydrogen) atoms. The smallest absolute Gasteiger partial charge is 0.402 e. The molecule has 0 N–H and O–H groups in total. The van der Waals surface area contributed by atoms with Crippen molar-refractivity contribution in [2.45, 2.75) is 77.2 Å². The Morgan fingerprint density at radius 3 is 1.83 bits per heavy atom. The standard InChI is InChI=1S/C22H32F2O6/c1-4-20(2,3)18(26)28-5-6-29-19(27)22(23,24)17(25)13-30-21-10-14-7-15(11-21)9-16(8-14)12-21/h14-16H,4-13H2,1-3H3. The Kier molecular flexibility index (Phi) is 6.56. The minimum atomic E-state index is -4.28. The van der Waals surface area contributed by atoms with Crippen LogP contribution in [0.3, 0.4) is 0 Å². The highest BCUT2D eigenvalue weighted by Crippen LogP contribution is 2.57. The third-order valence-corrected chi connectivity index (χ3v) is 7.08. The van der Waals surface area contributed by atoms with Crippen LogP contribution in [0.5, 0.6) is 0 Å². The van der Waals surface area contributed by atoms with Crippen molar-refractivity contribution in [1.29, 1.82) is 0 Å². The van der Waals surface area contributed by atoms with Crippen LogP contribution in [0.2, 0.25) is 0 Å².